The highest BCUT2D eigenvalue weighted by Crippen LogP contribution is 2.62. The first kappa shape index (κ1) is 35.4. The van der Waals surface area contributed by atoms with E-state index in [1.54, 1.807) is 12.1 Å². The van der Waals surface area contributed by atoms with Crippen molar-refractivity contribution in [3.63, 3.8) is 0 Å². The van der Waals surface area contributed by atoms with Gasteiger partial charge in [0.15, 0.2) is 63.5 Å². The number of aromatic nitrogens is 3. The molecule has 0 atom stereocenters. The van der Waals surface area contributed by atoms with Crippen molar-refractivity contribution in [3.05, 3.63) is 66.7 Å². The number of aromatic hydroxyl groups is 14. The second kappa shape index (κ2) is 12.5. The van der Waals surface area contributed by atoms with E-state index in [-0.39, 0.29) is 11.4 Å². The van der Waals surface area contributed by atoms with Crippen molar-refractivity contribution in [1.29, 1.82) is 0 Å². The minimum atomic E-state index is -1.43. The van der Waals surface area contributed by atoms with Gasteiger partial charge in [-0.05, 0) is 35.4 Å². The third-order valence-corrected chi connectivity index (χ3v) is 9.31. The fourth-order valence-corrected chi connectivity index (χ4v) is 6.42. The molecular formula is C39H25N3O15. The molecule has 0 radical (unpaired) electrons. The van der Waals surface area contributed by atoms with E-state index in [1.807, 2.05) is 42.5 Å². The second-order valence-corrected chi connectivity index (χ2v) is 12.6. The van der Waals surface area contributed by atoms with Gasteiger partial charge < -0.3 is 75.9 Å². The zero-order valence-electron chi connectivity index (χ0n) is 28.4. The fourth-order valence-electron chi connectivity index (χ4n) is 6.42. The van der Waals surface area contributed by atoms with Crippen molar-refractivity contribution in [2.75, 3.05) is 0 Å². The molecular weight excluding hydrogens is 750 g/mol. The van der Waals surface area contributed by atoms with Crippen LogP contribution in [0, 0.1) is 0 Å². The lowest BCUT2D eigenvalue weighted by Gasteiger charge is -2.18. The largest absolute Gasteiger partial charge is 0.504 e. The van der Waals surface area contributed by atoms with Crippen LogP contribution in [0.1, 0.15) is 0 Å². The lowest BCUT2D eigenvalue weighted by Crippen LogP contribution is -2.02. The highest BCUT2D eigenvalue weighted by molar-refractivity contribution is 6.07. The van der Waals surface area contributed by atoms with Gasteiger partial charge in [-0.2, -0.15) is 0 Å². The van der Waals surface area contributed by atoms with Crippen LogP contribution in [0.25, 0.3) is 78.4 Å². The van der Waals surface area contributed by atoms with Crippen molar-refractivity contribution < 1.29 is 75.9 Å². The van der Waals surface area contributed by atoms with Crippen molar-refractivity contribution in [1.82, 2.24) is 15.0 Å². The molecule has 0 aliphatic rings. The number of benzene rings is 6. The van der Waals surface area contributed by atoms with E-state index in [0.29, 0.717) is 16.6 Å². The molecule has 0 saturated carbocycles. The Balaban J connectivity index is 1.37. The summed E-state index contributed by atoms with van der Waals surface area (Å²) in [4.78, 5) is 12.5. The smallest absolute Gasteiger partial charge is 0.208 e. The molecule has 6 aromatic carbocycles. The molecule has 0 aliphatic heterocycles. The molecule has 2 aromatic heterocycles. The van der Waals surface area contributed by atoms with Gasteiger partial charge >= 0.3 is 0 Å². The third kappa shape index (κ3) is 5.16. The van der Waals surface area contributed by atoms with E-state index in [4.69, 9.17) is 4.42 Å². The molecule has 0 aliphatic carbocycles. The van der Waals surface area contributed by atoms with Crippen LogP contribution in [-0.4, -0.2) is 86.4 Å². The lowest BCUT2D eigenvalue weighted by atomic mass is 9.96. The summed E-state index contributed by atoms with van der Waals surface area (Å²) in [6.07, 6.45) is 0. The summed E-state index contributed by atoms with van der Waals surface area (Å²) in [7, 11) is 0. The van der Waals surface area contributed by atoms with Gasteiger partial charge in [0.1, 0.15) is 22.3 Å². The Labute approximate surface area is 316 Å². The minimum absolute atomic E-state index is 0.120. The first-order chi connectivity index (χ1) is 27.1. The van der Waals surface area contributed by atoms with Gasteiger partial charge in [0, 0.05) is 16.3 Å². The summed E-state index contributed by atoms with van der Waals surface area (Å²) in [6, 6.07) is 19.8. The van der Waals surface area contributed by atoms with Gasteiger partial charge in [0.05, 0.1) is 11.1 Å². The highest BCUT2D eigenvalue weighted by Gasteiger charge is 2.35. The maximum Gasteiger partial charge on any atom is 0.208 e. The molecule has 0 saturated heterocycles. The van der Waals surface area contributed by atoms with Crippen LogP contribution in [0.3, 0.4) is 0 Å². The summed E-state index contributed by atoms with van der Waals surface area (Å²) in [6.45, 7) is 0. The van der Waals surface area contributed by atoms with Crippen LogP contribution in [0.2, 0.25) is 0 Å². The van der Waals surface area contributed by atoms with Crippen LogP contribution in [0.4, 0.5) is 0 Å². The predicted molar refractivity (Wildman–Crippen MR) is 198 cm³/mol. The van der Waals surface area contributed by atoms with Gasteiger partial charge in [0.2, 0.25) is 34.5 Å². The molecule has 18 nitrogen and oxygen atoms in total. The molecule has 18 heteroatoms. The summed E-state index contributed by atoms with van der Waals surface area (Å²) >= 11 is 0. The summed E-state index contributed by atoms with van der Waals surface area (Å²) in [5.74, 6) is -21.1. The molecule has 0 bridgehead atoms. The zero-order valence-corrected chi connectivity index (χ0v) is 28.4. The molecule has 0 fully saturated rings. The normalized spacial score (nSPS) is 11.4. The van der Waals surface area contributed by atoms with E-state index in [0.717, 1.165) is 16.5 Å². The monoisotopic (exact) mass is 775 g/mol. The van der Waals surface area contributed by atoms with Crippen molar-refractivity contribution in [3.8, 4) is 137 Å². The van der Waals surface area contributed by atoms with Crippen molar-refractivity contribution >= 4 is 21.9 Å². The van der Waals surface area contributed by atoms with Crippen LogP contribution in [0.5, 0.6) is 80.5 Å². The predicted octanol–water partition coefficient (Wildman–Crippen LogP) is 5.98. The second-order valence-electron chi connectivity index (χ2n) is 12.6. The minimum Gasteiger partial charge on any atom is -0.504 e. The molecule has 8 rings (SSSR count). The number of phenols is 14. The van der Waals surface area contributed by atoms with Gasteiger partial charge in [-0.25, -0.2) is 15.0 Å². The first-order valence-corrected chi connectivity index (χ1v) is 16.3. The lowest BCUT2D eigenvalue weighted by molar-refractivity contribution is 0.329. The van der Waals surface area contributed by atoms with Gasteiger partial charge in [-0.1, -0.05) is 42.5 Å². The fraction of sp³-hybridized carbons (Fsp3) is 0. The molecule has 0 spiro atoms. The Kier molecular flexibility index (Phi) is 7.72. The van der Waals surface area contributed by atoms with E-state index in [2.05, 4.69) is 15.0 Å². The number of nitrogens with zero attached hydrogens (tertiary/aromatic N) is 3. The quantitative estimate of drug-likeness (QED) is 0.0705. The van der Waals surface area contributed by atoms with Crippen molar-refractivity contribution in [2.24, 2.45) is 0 Å². The molecule has 0 amide bonds. The van der Waals surface area contributed by atoms with Gasteiger partial charge in [-0.3, -0.25) is 0 Å². The van der Waals surface area contributed by atoms with E-state index in [1.165, 1.54) is 12.1 Å². The SMILES string of the molecule is Oc1c(O)c(O)c(-c2nc(-c3ccc4c(c3)oc3ccc(-c5ccccc5)cc34)nc(-c3c(O)c(O)c(-c4c(O)c(O)c(O)c(O)c4O)c(O)c3O)n2)c(O)c1O. The van der Waals surface area contributed by atoms with Crippen LogP contribution >= 0.6 is 0 Å². The Hall–Kier alpha value is -8.67. The average Bonchev–Trinajstić information content (AvgIpc) is 3.59. The summed E-state index contributed by atoms with van der Waals surface area (Å²) in [5, 5.41) is 149. The number of fused-ring (bicyclic) bond motifs is 3. The number of phenolic OH excluding ortho intramolecular Hbond substituents is 14. The standard InChI is InChI=1S/C39H25N3O15/c43-23-19(20-25(45)31(51)35(55)32(52)26(20)46)24(44)28(48)21(27(23)47)38-40-37(41-39(42-38)22-29(49)33(53)36(56)34(54)30(22)50)14-6-8-15-16-10-13(12-4-2-1-3-5-12)7-9-17(16)57-18(15)11-14/h1-11,43-56H. The Morgan fingerprint density at radius 2 is 0.702 bits per heavy atom. The maximum atomic E-state index is 11.3. The maximum absolute atomic E-state index is 11.3. The van der Waals surface area contributed by atoms with E-state index >= 15 is 0 Å². The van der Waals surface area contributed by atoms with Gasteiger partial charge in [0.25, 0.3) is 0 Å². The average molecular weight is 776 g/mol. The van der Waals surface area contributed by atoms with Crippen LogP contribution < -0.4 is 0 Å². The molecule has 0 unspecified atom stereocenters. The van der Waals surface area contributed by atoms with Crippen LogP contribution in [-0.2, 0) is 0 Å². The summed E-state index contributed by atoms with van der Waals surface area (Å²) in [5.41, 5.74) is -1.42. The van der Waals surface area contributed by atoms with Crippen LogP contribution in [0.15, 0.2) is 71.1 Å². The Morgan fingerprint density at radius 1 is 0.298 bits per heavy atom. The molecule has 8 aromatic rings. The number of furan rings is 1. The molecule has 57 heavy (non-hydrogen) atoms. The van der Waals surface area contributed by atoms with E-state index in [9.17, 15) is 71.5 Å². The zero-order chi connectivity index (χ0) is 40.8. The summed E-state index contributed by atoms with van der Waals surface area (Å²) < 4.78 is 6.10. The van der Waals surface area contributed by atoms with E-state index < -0.39 is 114 Å². The topological polar surface area (TPSA) is 335 Å². The first-order valence-electron chi connectivity index (χ1n) is 16.3. The molecule has 14 N–H and O–H groups in total. The number of hydrogen-bond donors (Lipinski definition) is 14. The number of rotatable bonds is 5. The molecule has 286 valence electrons. The molecule has 2 heterocycles. The highest BCUT2D eigenvalue weighted by atomic mass is 16.4. The Bertz CT molecular complexity index is 2930. The van der Waals surface area contributed by atoms with Gasteiger partial charge in [-0.15, -0.1) is 0 Å². The van der Waals surface area contributed by atoms with Crippen molar-refractivity contribution in [2.45, 2.75) is 0 Å². The number of hydrogen-bond acceptors (Lipinski definition) is 18. The third-order valence-electron chi connectivity index (χ3n) is 9.31. The Morgan fingerprint density at radius 3 is 1.21 bits per heavy atom.